The van der Waals surface area contributed by atoms with Gasteiger partial charge >= 0.3 is 0 Å². The molecule has 0 aliphatic carbocycles. The van der Waals surface area contributed by atoms with Gasteiger partial charge in [-0.2, -0.15) is 0 Å². The summed E-state index contributed by atoms with van der Waals surface area (Å²) >= 11 is 5.57. The minimum Gasteiger partial charge on any atom is -0.0837 e. The van der Waals surface area contributed by atoms with E-state index in [0.29, 0.717) is 5.02 Å². The summed E-state index contributed by atoms with van der Waals surface area (Å²) in [5.74, 6) is 0. The van der Waals surface area contributed by atoms with E-state index in [2.05, 4.69) is 12.1 Å². The molecule has 8 heavy (non-hydrogen) atoms. The molecule has 1 aromatic rings. The third-order valence-electron chi connectivity index (χ3n) is 0.853. The van der Waals surface area contributed by atoms with Gasteiger partial charge in [-0.1, -0.05) is 11.6 Å². The van der Waals surface area contributed by atoms with Crippen LogP contribution in [0.1, 0.15) is 5.56 Å². The molecule has 0 heterocycles. The van der Waals surface area contributed by atoms with Crippen molar-refractivity contribution in [3.05, 3.63) is 34.9 Å². The van der Waals surface area contributed by atoms with Gasteiger partial charge in [-0.3, -0.25) is 0 Å². The van der Waals surface area contributed by atoms with Crippen molar-refractivity contribution in [1.29, 1.82) is 0 Å². The van der Waals surface area contributed by atoms with Crippen LogP contribution >= 0.6 is 11.6 Å². The molecule has 2 radical (unpaired) electrons. The van der Waals surface area contributed by atoms with E-state index in [9.17, 15) is 0 Å². The number of hydrogen-bond acceptors (Lipinski definition) is 0. The fourth-order valence-corrected chi connectivity index (χ4v) is 0.710. The van der Waals surface area contributed by atoms with Crippen LogP contribution in [0.5, 0.6) is 0 Å². The molecule has 0 nitrogen and oxygen atoms in total. The van der Waals surface area contributed by atoms with E-state index in [1.807, 2.05) is 13.0 Å². The molecule has 0 amide bonds. The first-order chi connectivity index (χ1) is 3.79. The molecule has 0 aromatic heterocycles. The lowest BCUT2D eigenvalue weighted by atomic mass is 10.2. The van der Waals surface area contributed by atoms with Gasteiger partial charge in [-0.05, 0) is 30.7 Å². The highest BCUT2D eigenvalue weighted by molar-refractivity contribution is 6.30. The molecule has 1 rings (SSSR count). The summed E-state index contributed by atoms with van der Waals surface area (Å²) in [5, 5.41) is 0.654. The van der Waals surface area contributed by atoms with E-state index < -0.39 is 0 Å². The molecule has 1 heteroatoms. The van der Waals surface area contributed by atoms with Crippen LogP contribution in [0.25, 0.3) is 0 Å². The summed E-state index contributed by atoms with van der Waals surface area (Å²) in [6, 6.07) is 9.23. The summed E-state index contributed by atoms with van der Waals surface area (Å²) in [4.78, 5) is 0. The topological polar surface area (TPSA) is 0 Å². The zero-order valence-electron chi connectivity index (χ0n) is 4.53. The molecule has 0 spiro atoms. The Morgan fingerprint density at radius 1 is 1.50 bits per heavy atom. The molecule has 0 fully saturated rings. The lowest BCUT2D eigenvalue weighted by Crippen LogP contribution is -1.68. The molecule has 40 valence electrons. The van der Waals surface area contributed by atoms with Gasteiger partial charge in [0.1, 0.15) is 0 Å². The Bertz CT molecular complexity index is 164. The number of halogens is 1. The van der Waals surface area contributed by atoms with E-state index in [4.69, 9.17) is 11.6 Å². The van der Waals surface area contributed by atoms with E-state index in [1.54, 1.807) is 6.07 Å². The average Bonchev–Trinajstić information content (AvgIpc) is 1.64. The van der Waals surface area contributed by atoms with Crippen LogP contribution < -0.4 is 0 Å². The molecular weight excluding hydrogens is 120 g/mol. The van der Waals surface area contributed by atoms with Crippen LogP contribution in [0.15, 0.2) is 12.1 Å². The van der Waals surface area contributed by atoms with Crippen molar-refractivity contribution in [2.45, 2.75) is 6.92 Å². The van der Waals surface area contributed by atoms with Crippen molar-refractivity contribution < 1.29 is 0 Å². The Hall–Kier alpha value is -0.490. The Morgan fingerprint density at radius 2 is 2.25 bits per heavy atom. The molecule has 0 saturated carbocycles. The van der Waals surface area contributed by atoms with Crippen molar-refractivity contribution in [3.63, 3.8) is 0 Å². The van der Waals surface area contributed by atoms with Crippen LogP contribution in [-0.2, 0) is 0 Å². The highest BCUT2D eigenvalue weighted by Gasteiger charge is 1.84. The number of rotatable bonds is 0. The minimum atomic E-state index is 0.654. The maximum absolute atomic E-state index is 5.57. The molecule has 0 N–H and O–H groups in total. The van der Waals surface area contributed by atoms with Crippen LogP contribution in [0.2, 0.25) is 5.02 Å². The summed E-state index contributed by atoms with van der Waals surface area (Å²) < 4.78 is 0. The summed E-state index contributed by atoms with van der Waals surface area (Å²) in [7, 11) is 0. The number of aryl methyl sites for hydroxylation is 1. The van der Waals surface area contributed by atoms with Crippen LogP contribution in [0.4, 0.5) is 0 Å². The SMILES string of the molecule is Cc1[c]c[c]c(Cl)c1. The van der Waals surface area contributed by atoms with E-state index in [-0.39, 0.29) is 0 Å². The smallest absolute Gasteiger partial charge is 0.0488 e. The van der Waals surface area contributed by atoms with Crippen LogP contribution in [0.3, 0.4) is 0 Å². The van der Waals surface area contributed by atoms with Crippen molar-refractivity contribution in [2.24, 2.45) is 0 Å². The van der Waals surface area contributed by atoms with Gasteiger partial charge in [-0.15, -0.1) is 0 Å². The zero-order valence-corrected chi connectivity index (χ0v) is 5.29. The third kappa shape index (κ3) is 1.24. The standard InChI is InChI=1S/C7H5Cl/c1-6-3-2-4-7(8)5-6/h2,5H,1H3. The molecule has 0 aliphatic heterocycles. The maximum atomic E-state index is 5.57. The summed E-state index contributed by atoms with van der Waals surface area (Å²) in [5.41, 5.74) is 1.05. The molecule has 0 saturated heterocycles. The normalized spacial score (nSPS) is 9.25. The minimum absolute atomic E-state index is 0.654. The monoisotopic (exact) mass is 124 g/mol. The quantitative estimate of drug-likeness (QED) is 0.498. The van der Waals surface area contributed by atoms with Crippen molar-refractivity contribution in [1.82, 2.24) is 0 Å². The third-order valence-corrected chi connectivity index (χ3v) is 1.07. The molecule has 1 aromatic carbocycles. The molecule has 0 unspecified atom stereocenters. The largest absolute Gasteiger partial charge is 0.0837 e. The van der Waals surface area contributed by atoms with Gasteiger partial charge in [0, 0.05) is 11.1 Å². The van der Waals surface area contributed by atoms with E-state index >= 15 is 0 Å². The fourth-order valence-electron chi connectivity index (χ4n) is 0.492. The molecule has 0 bridgehead atoms. The Kier molecular flexibility index (Phi) is 1.54. The second-order valence-electron chi connectivity index (χ2n) is 1.61. The zero-order chi connectivity index (χ0) is 5.98. The van der Waals surface area contributed by atoms with Crippen LogP contribution in [-0.4, -0.2) is 0 Å². The lowest BCUT2D eigenvalue weighted by Gasteiger charge is -1.87. The second-order valence-corrected chi connectivity index (χ2v) is 2.02. The highest BCUT2D eigenvalue weighted by Crippen LogP contribution is 2.06. The van der Waals surface area contributed by atoms with Crippen molar-refractivity contribution in [2.75, 3.05) is 0 Å². The van der Waals surface area contributed by atoms with Gasteiger partial charge in [-0.25, -0.2) is 0 Å². The molecule has 0 atom stereocenters. The average molecular weight is 125 g/mol. The predicted octanol–water partition coefficient (Wildman–Crippen LogP) is 2.25. The number of benzene rings is 1. The molecular formula is C7H5Cl. The first-order valence-electron chi connectivity index (χ1n) is 2.34. The fraction of sp³-hybridized carbons (Fsp3) is 0.143. The predicted molar refractivity (Wildman–Crippen MR) is 33.9 cm³/mol. The van der Waals surface area contributed by atoms with Crippen molar-refractivity contribution in [3.8, 4) is 0 Å². The van der Waals surface area contributed by atoms with Gasteiger partial charge in [0.15, 0.2) is 0 Å². The van der Waals surface area contributed by atoms with Gasteiger partial charge < -0.3 is 0 Å². The van der Waals surface area contributed by atoms with Gasteiger partial charge in [0.2, 0.25) is 0 Å². The number of hydrogen-bond donors (Lipinski definition) is 0. The Labute approximate surface area is 54.1 Å². The van der Waals surface area contributed by atoms with Crippen molar-refractivity contribution >= 4 is 11.6 Å². The summed E-state index contributed by atoms with van der Waals surface area (Å²) in [6.45, 7) is 1.94. The maximum Gasteiger partial charge on any atom is 0.0488 e. The van der Waals surface area contributed by atoms with E-state index in [1.165, 1.54) is 0 Å². The van der Waals surface area contributed by atoms with Crippen LogP contribution in [0, 0.1) is 19.1 Å². The summed E-state index contributed by atoms with van der Waals surface area (Å²) in [6.07, 6.45) is 0. The van der Waals surface area contributed by atoms with Gasteiger partial charge in [0.05, 0.1) is 0 Å². The Balaban J connectivity index is 3.08. The first kappa shape index (κ1) is 5.64. The molecule has 0 aliphatic rings. The first-order valence-corrected chi connectivity index (χ1v) is 2.72. The van der Waals surface area contributed by atoms with E-state index in [0.717, 1.165) is 5.56 Å². The van der Waals surface area contributed by atoms with Gasteiger partial charge in [0.25, 0.3) is 0 Å². The Morgan fingerprint density at radius 3 is 2.62 bits per heavy atom. The highest BCUT2D eigenvalue weighted by atomic mass is 35.5. The second kappa shape index (κ2) is 2.19. The lowest BCUT2D eigenvalue weighted by molar-refractivity contribution is 1.46.